The molecule has 0 fully saturated rings. The van der Waals surface area contributed by atoms with Crippen molar-refractivity contribution in [2.75, 3.05) is 0 Å². The Balaban J connectivity index is 4.05. The lowest BCUT2D eigenvalue weighted by Crippen LogP contribution is -1.99. The van der Waals surface area contributed by atoms with Crippen molar-refractivity contribution in [1.29, 1.82) is 0 Å². The molecule has 0 saturated carbocycles. The molecule has 0 atom stereocenters. The molecule has 0 aliphatic rings. The van der Waals surface area contributed by atoms with E-state index in [0.29, 0.717) is 12.3 Å². The second-order valence-electron chi connectivity index (χ2n) is 6.46. The number of hydrogen-bond acceptors (Lipinski definition) is 1. The summed E-state index contributed by atoms with van der Waals surface area (Å²) in [4.78, 5) is 11.7. The zero-order valence-corrected chi connectivity index (χ0v) is 14.3. The lowest BCUT2D eigenvalue weighted by Gasteiger charge is -2.03. The van der Waals surface area contributed by atoms with Gasteiger partial charge in [0.05, 0.1) is 0 Å². The van der Waals surface area contributed by atoms with Crippen LogP contribution >= 0.6 is 0 Å². The molecule has 1 nitrogen and oxygen atoms in total. The van der Waals surface area contributed by atoms with E-state index >= 15 is 0 Å². The van der Waals surface area contributed by atoms with Crippen LogP contribution in [-0.2, 0) is 4.79 Å². The average Bonchev–Trinajstić information content (AvgIpc) is 2.26. The Bertz CT molecular complexity index is 377. The van der Waals surface area contributed by atoms with Crippen LogP contribution in [0.3, 0.4) is 0 Å². The number of rotatable bonds is 9. The molecule has 0 N–H and O–H groups in total. The number of carbonyl (C=O) groups excluding carboxylic acids is 1. The standard InChI is InChI=1S/C19H32O/c1-15(2)9-7-10-17(5)11-8-12-18(6)14-19(20)13-16(3)4/h9,11,14,16H,7-8,10,12-13H2,1-6H3/b17-11+,18-14+. The minimum Gasteiger partial charge on any atom is -0.295 e. The zero-order chi connectivity index (χ0) is 15.5. The molecule has 0 bridgehead atoms. The lowest BCUT2D eigenvalue weighted by molar-refractivity contribution is -0.115. The first kappa shape index (κ1) is 18.9. The van der Waals surface area contributed by atoms with Gasteiger partial charge in [0, 0.05) is 6.42 Å². The van der Waals surface area contributed by atoms with Gasteiger partial charge in [0.25, 0.3) is 0 Å². The summed E-state index contributed by atoms with van der Waals surface area (Å²) < 4.78 is 0. The Labute approximate surface area is 125 Å². The molecular weight excluding hydrogens is 244 g/mol. The molecule has 1 heteroatoms. The van der Waals surface area contributed by atoms with Crippen LogP contribution in [0.5, 0.6) is 0 Å². The summed E-state index contributed by atoms with van der Waals surface area (Å²) in [5, 5.41) is 0. The SMILES string of the molecule is CC(C)=CCC/C(C)=C/CC/C(C)=C/C(=O)CC(C)C. The predicted octanol–water partition coefficient (Wildman–Crippen LogP) is 6.02. The monoisotopic (exact) mass is 276 g/mol. The van der Waals surface area contributed by atoms with Gasteiger partial charge in [-0.1, -0.05) is 42.7 Å². The fourth-order valence-electron chi connectivity index (χ4n) is 2.05. The molecule has 0 spiro atoms. The van der Waals surface area contributed by atoms with E-state index in [2.05, 4.69) is 53.7 Å². The Morgan fingerprint density at radius 2 is 1.45 bits per heavy atom. The molecule has 0 aromatic rings. The highest BCUT2D eigenvalue weighted by molar-refractivity contribution is 5.90. The zero-order valence-electron chi connectivity index (χ0n) is 14.3. The van der Waals surface area contributed by atoms with E-state index in [1.54, 1.807) is 0 Å². The molecule has 0 saturated heterocycles. The molecule has 0 unspecified atom stereocenters. The van der Waals surface area contributed by atoms with E-state index in [0.717, 1.165) is 25.7 Å². The fourth-order valence-corrected chi connectivity index (χ4v) is 2.05. The second-order valence-corrected chi connectivity index (χ2v) is 6.46. The number of hydrogen-bond donors (Lipinski definition) is 0. The quantitative estimate of drug-likeness (QED) is 0.371. The Hall–Kier alpha value is -1.11. The molecule has 0 aliphatic carbocycles. The largest absolute Gasteiger partial charge is 0.295 e. The van der Waals surface area contributed by atoms with Crippen molar-refractivity contribution in [2.24, 2.45) is 5.92 Å². The van der Waals surface area contributed by atoms with Crippen LogP contribution in [0.1, 0.15) is 73.6 Å². The van der Waals surface area contributed by atoms with Crippen LogP contribution in [0.4, 0.5) is 0 Å². The highest BCUT2D eigenvalue weighted by Crippen LogP contribution is 2.12. The summed E-state index contributed by atoms with van der Waals surface area (Å²) >= 11 is 0. The van der Waals surface area contributed by atoms with Gasteiger partial charge in [0.2, 0.25) is 0 Å². The van der Waals surface area contributed by atoms with Crippen LogP contribution in [-0.4, -0.2) is 5.78 Å². The Morgan fingerprint density at radius 1 is 0.900 bits per heavy atom. The summed E-state index contributed by atoms with van der Waals surface area (Å²) in [6.07, 6.45) is 11.4. The van der Waals surface area contributed by atoms with Crippen molar-refractivity contribution in [2.45, 2.75) is 73.6 Å². The molecule has 0 aromatic carbocycles. The van der Waals surface area contributed by atoms with Crippen LogP contribution in [0.2, 0.25) is 0 Å². The maximum Gasteiger partial charge on any atom is 0.155 e. The number of ketones is 1. The van der Waals surface area contributed by atoms with Gasteiger partial charge in [0.1, 0.15) is 0 Å². The molecule has 0 aliphatic heterocycles. The van der Waals surface area contributed by atoms with Crippen molar-refractivity contribution in [1.82, 2.24) is 0 Å². The van der Waals surface area contributed by atoms with Crippen LogP contribution < -0.4 is 0 Å². The van der Waals surface area contributed by atoms with Crippen LogP contribution in [0, 0.1) is 5.92 Å². The van der Waals surface area contributed by atoms with Gasteiger partial charge in [-0.15, -0.1) is 0 Å². The summed E-state index contributed by atoms with van der Waals surface area (Å²) in [6, 6.07) is 0. The molecule has 0 aromatic heterocycles. The Morgan fingerprint density at radius 3 is 2.00 bits per heavy atom. The van der Waals surface area contributed by atoms with E-state index in [4.69, 9.17) is 0 Å². The number of allylic oxidation sites excluding steroid dienone is 6. The minimum atomic E-state index is 0.266. The maximum atomic E-state index is 11.7. The lowest BCUT2D eigenvalue weighted by atomic mass is 10.0. The van der Waals surface area contributed by atoms with Gasteiger partial charge >= 0.3 is 0 Å². The smallest absolute Gasteiger partial charge is 0.155 e. The summed E-state index contributed by atoms with van der Waals surface area (Å²) in [7, 11) is 0. The highest BCUT2D eigenvalue weighted by atomic mass is 16.1. The fraction of sp³-hybridized carbons (Fsp3) is 0.632. The average molecular weight is 276 g/mol. The van der Waals surface area contributed by atoms with Crippen molar-refractivity contribution in [3.8, 4) is 0 Å². The Kier molecular flexibility index (Phi) is 10.1. The van der Waals surface area contributed by atoms with E-state index in [9.17, 15) is 4.79 Å². The van der Waals surface area contributed by atoms with Crippen LogP contribution in [0.25, 0.3) is 0 Å². The van der Waals surface area contributed by atoms with Crippen molar-refractivity contribution in [3.05, 3.63) is 34.9 Å². The summed E-state index contributed by atoms with van der Waals surface area (Å²) in [5.41, 5.74) is 4.04. The molecule has 114 valence electrons. The van der Waals surface area contributed by atoms with Gasteiger partial charge in [-0.2, -0.15) is 0 Å². The topological polar surface area (TPSA) is 17.1 Å². The maximum absolute atomic E-state index is 11.7. The molecular formula is C19H32O. The van der Waals surface area contributed by atoms with Gasteiger partial charge in [0.15, 0.2) is 5.78 Å². The highest BCUT2D eigenvalue weighted by Gasteiger charge is 2.02. The van der Waals surface area contributed by atoms with E-state index in [-0.39, 0.29) is 5.78 Å². The van der Waals surface area contributed by atoms with E-state index in [1.807, 2.05) is 6.08 Å². The summed E-state index contributed by atoms with van der Waals surface area (Å²) in [5.74, 6) is 0.713. The van der Waals surface area contributed by atoms with Gasteiger partial charge in [-0.05, 0) is 65.4 Å². The van der Waals surface area contributed by atoms with Crippen LogP contribution in [0.15, 0.2) is 34.9 Å². The molecule has 0 amide bonds. The molecule has 0 heterocycles. The van der Waals surface area contributed by atoms with Gasteiger partial charge in [-0.3, -0.25) is 4.79 Å². The van der Waals surface area contributed by atoms with E-state index in [1.165, 1.54) is 16.7 Å². The predicted molar refractivity (Wildman–Crippen MR) is 89.9 cm³/mol. The molecule has 0 radical (unpaired) electrons. The third-order valence-corrected chi connectivity index (χ3v) is 3.14. The van der Waals surface area contributed by atoms with Gasteiger partial charge < -0.3 is 0 Å². The number of carbonyl (C=O) groups is 1. The summed E-state index contributed by atoms with van der Waals surface area (Å²) in [6.45, 7) is 12.7. The molecule has 20 heavy (non-hydrogen) atoms. The van der Waals surface area contributed by atoms with Crippen molar-refractivity contribution < 1.29 is 4.79 Å². The first-order valence-corrected chi connectivity index (χ1v) is 7.80. The third-order valence-electron chi connectivity index (χ3n) is 3.14. The normalized spacial score (nSPS) is 12.8. The van der Waals surface area contributed by atoms with Crippen molar-refractivity contribution >= 4 is 5.78 Å². The first-order valence-electron chi connectivity index (χ1n) is 7.80. The first-order chi connectivity index (χ1) is 9.31. The van der Waals surface area contributed by atoms with Crippen molar-refractivity contribution in [3.63, 3.8) is 0 Å². The third kappa shape index (κ3) is 12.0. The second kappa shape index (κ2) is 10.7. The van der Waals surface area contributed by atoms with Gasteiger partial charge in [-0.25, -0.2) is 0 Å². The van der Waals surface area contributed by atoms with E-state index < -0.39 is 0 Å². The minimum absolute atomic E-state index is 0.266. The molecule has 0 rings (SSSR count).